The van der Waals surface area contributed by atoms with Crippen LogP contribution in [0.5, 0.6) is 11.5 Å². The van der Waals surface area contributed by atoms with Crippen LogP contribution >= 0.6 is 15.9 Å². The predicted molar refractivity (Wildman–Crippen MR) is 106 cm³/mol. The first kappa shape index (κ1) is 19.2. The molecule has 7 heteroatoms. The maximum atomic E-state index is 12.6. The van der Waals surface area contributed by atoms with Crippen molar-refractivity contribution >= 4 is 33.4 Å². The number of ether oxygens (including phenoxy) is 2. The number of carbonyl (C=O) groups excluding carboxylic acids is 2. The molecule has 142 valence electrons. The Balaban J connectivity index is 1.66. The van der Waals surface area contributed by atoms with Gasteiger partial charge in [-0.1, -0.05) is 12.1 Å². The minimum atomic E-state index is -0.388. The van der Waals surface area contributed by atoms with Gasteiger partial charge in [-0.05, 0) is 46.3 Å². The minimum absolute atomic E-state index is 0.0546. The van der Waals surface area contributed by atoms with Crippen molar-refractivity contribution in [2.24, 2.45) is 5.92 Å². The molecule has 27 heavy (non-hydrogen) atoms. The normalized spacial score (nSPS) is 16.3. The summed E-state index contributed by atoms with van der Waals surface area (Å²) in [5.74, 6) is 0.773. The number of hydrogen-bond donors (Lipinski definition) is 1. The molecule has 1 N–H and O–H groups in total. The number of anilines is 1. The highest BCUT2D eigenvalue weighted by Gasteiger charge is 2.35. The van der Waals surface area contributed by atoms with Gasteiger partial charge in [-0.25, -0.2) is 0 Å². The molecule has 0 bridgehead atoms. The minimum Gasteiger partial charge on any atom is -0.497 e. The molecule has 0 aromatic heterocycles. The Kier molecular flexibility index (Phi) is 6.01. The van der Waals surface area contributed by atoms with Crippen LogP contribution in [-0.4, -0.2) is 32.6 Å². The molecule has 1 saturated heterocycles. The van der Waals surface area contributed by atoms with E-state index >= 15 is 0 Å². The topological polar surface area (TPSA) is 67.9 Å². The molecular formula is C20H21BrN2O4. The van der Waals surface area contributed by atoms with Crippen molar-refractivity contribution < 1.29 is 19.1 Å². The highest BCUT2D eigenvalue weighted by molar-refractivity contribution is 9.10. The van der Waals surface area contributed by atoms with E-state index in [2.05, 4.69) is 21.2 Å². The molecule has 1 fully saturated rings. The van der Waals surface area contributed by atoms with E-state index in [4.69, 9.17) is 9.47 Å². The summed E-state index contributed by atoms with van der Waals surface area (Å²) in [6.07, 6.45) is 0.197. The lowest BCUT2D eigenvalue weighted by molar-refractivity contribution is -0.126. The van der Waals surface area contributed by atoms with E-state index in [9.17, 15) is 9.59 Å². The Hall–Kier alpha value is -2.54. The van der Waals surface area contributed by atoms with Gasteiger partial charge >= 0.3 is 0 Å². The molecule has 0 saturated carbocycles. The number of carbonyl (C=O) groups is 2. The van der Waals surface area contributed by atoms with Gasteiger partial charge in [-0.3, -0.25) is 9.59 Å². The van der Waals surface area contributed by atoms with Crippen molar-refractivity contribution in [2.75, 3.05) is 25.7 Å². The van der Waals surface area contributed by atoms with Crippen molar-refractivity contribution in [3.8, 4) is 11.5 Å². The summed E-state index contributed by atoms with van der Waals surface area (Å²) in [5.41, 5.74) is 1.60. The van der Waals surface area contributed by atoms with Crippen LogP contribution in [0.1, 0.15) is 12.0 Å². The molecule has 1 atom stereocenters. The number of amides is 2. The number of nitrogens with zero attached hydrogens (tertiary/aromatic N) is 1. The number of hydrogen-bond acceptors (Lipinski definition) is 4. The van der Waals surface area contributed by atoms with Gasteiger partial charge in [0.05, 0.1) is 25.8 Å². The van der Waals surface area contributed by atoms with E-state index in [1.54, 1.807) is 31.3 Å². The SMILES string of the molecule is COc1ccc(OC)c(CNC(=O)C2CC(=O)N(c3ccccc3Br)C2)c1. The molecule has 2 aromatic carbocycles. The van der Waals surface area contributed by atoms with Gasteiger partial charge in [-0.15, -0.1) is 0 Å². The molecule has 0 radical (unpaired) electrons. The molecule has 1 aliphatic rings. The fraction of sp³-hybridized carbons (Fsp3) is 0.300. The summed E-state index contributed by atoms with van der Waals surface area (Å²) in [4.78, 5) is 26.6. The summed E-state index contributed by atoms with van der Waals surface area (Å²) in [5, 5.41) is 2.91. The highest BCUT2D eigenvalue weighted by atomic mass is 79.9. The third kappa shape index (κ3) is 4.24. The van der Waals surface area contributed by atoms with Crippen LogP contribution in [-0.2, 0) is 16.1 Å². The second kappa shape index (κ2) is 8.43. The second-order valence-corrected chi connectivity index (χ2v) is 7.11. The predicted octanol–water partition coefficient (Wildman–Crippen LogP) is 3.14. The number of para-hydroxylation sites is 1. The van der Waals surface area contributed by atoms with Crippen LogP contribution in [0.2, 0.25) is 0 Å². The average molecular weight is 433 g/mol. The summed E-state index contributed by atoms with van der Waals surface area (Å²) in [6.45, 7) is 0.668. The monoisotopic (exact) mass is 432 g/mol. The summed E-state index contributed by atoms with van der Waals surface area (Å²) < 4.78 is 11.4. The molecule has 6 nitrogen and oxygen atoms in total. The average Bonchev–Trinajstić information content (AvgIpc) is 3.07. The van der Waals surface area contributed by atoms with E-state index < -0.39 is 0 Å². The Bertz CT molecular complexity index is 856. The number of nitrogens with one attached hydrogen (secondary N) is 1. The second-order valence-electron chi connectivity index (χ2n) is 6.25. The quantitative estimate of drug-likeness (QED) is 0.760. The first-order chi connectivity index (χ1) is 13.0. The van der Waals surface area contributed by atoms with Gasteiger partial charge in [0.1, 0.15) is 11.5 Å². The zero-order valence-corrected chi connectivity index (χ0v) is 16.8. The molecule has 1 heterocycles. The highest BCUT2D eigenvalue weighted by Crippen LogP contribution is 2.31. The van der Waals surface area contributed by atoms with Gasteiger partial charge in [0.2, 0.25) is 11.8 Å². The molecule has 2 aromatic rings. The van der Waals surface area contributed by atoms with Gasteiger partial charge < -0.3 is 19.7 Å². The number of methoxy groups -OCH3 is 2. The van der Waals surface area contributed by atoms with E-state index in [0.29, 0.717) is 24.6 Å². The van der Waals surface area contributed by atoms with Crippen LogP contribution in [0.25, 0.3) is 0 Å². The van der Waals surface area contributed by atoms with Crippen molar-refractivity contribution in [3.05, 3.63) is 52.5 Å². The molecule has 3 rings (SSSR count). The first-order valence-electron chi connectivity index (χ1n) is 8.57. The molecule has 1 unspecified atom stereocenters. The maximum Gasteiger partial charge on any atom is 0.227 e. The van der Waals surface area contributed by atoms with Gasteiger partial charge in [0.15, 0.2) is 0 Å². The van der Waals surface area contributed by atoms with E-state index in [1.807, 2.05) is 30.3 Å². The van der Waals surface area contributed by atoms with Crippen LogP contribution < -0.4 is 19.7 Å². The van der Waals surface area contributed by atoms with E-state index in [1.165, 1.54) is 0 Å². The Labute approximate surface area is 166 Å². The van der Waals surface area contributed by atoms with Crippen molar-refractivity contribution in [1.82, 2.24) is 5.32 Å². The zero-order chi connectivity index (χ0) is 19.4. The molecule has 2 amide bonds. The maximum absolute atomic E-state index is 12.6. The Morgan fingerprint density at radius 1 is 1.22 bits per heavy atom. The number of benzene rings is 2. The van der Waals surface area contributed by atoms with Gasteiger partial charge in [0, 0.05) is 29.5 Å². The summed E-state index contributed by atoms with van der Waals surface area (Å²) in [6, 6.07) is 12.9. The van der Waals surface area contributed by atoms with Crippen molar-refractivity contribution in [2.45, 2.75) is 13.0 Å². The molecule has 0 aliphatic carbocycles. The Morgan fingerprint density at radius 3 is 2.70 bits per heavy atom. The van der Waals surface area contributed by atoms with E-state index in [-0.39, 0.29) is 24.2 Å². The summed E-state index contributed by atoms with van der Waals surface area (Å²) >= 11 is 3.46. The van der Waals surface area contributed by atoms with Crippen molar-refractivity contribution in [1.29, 1.82) is 0 Å². The molecule has 0 spiro atoms. The number of halogens is 1. The zero-order valence-electron chi connectivity index (χ0n) is 15.2. The lowest BCUT2D eigenvalue weighted by Gasteiger charge is -2.18. The third-order valence-corrected chi connectivity index (χ3v) is 5.25. The lowest BCUT2D eigenvalue weighted by Crippen LogP contribution is -2.32. The van der Waals surface area contributed by atoms with Gasteiger partial charge in [0.25, 0.3) is 0 Å². The van der Waals surface area contributed by atoms with Crippen LogP contribution in [0.3, 0.4) is 0 Å². The lowest BCUT2D eigenvalue weighted by atomic mass is 10.1. The third-order valence-electron chi connectivity index (χ3n) is 4.58. The Morgan fingerprint density at radius 2 is 2.00 bits per heavy atom. The largest absolute Gasteiger partial charge is 0.497 e. The smallest absolute Gasteiger partial charge is 0.227 e. The van der Waals surface area contributed by atoms with E-state index in [0.717, 1.165) is 15.7 Å². The summed E-state index contributed by atoms with van der Waals surface area (Å²) in [7, 11) is 3.17. The van der Waals surface area contributed by atoms with Gasteiger partial charge in [-0.2, -0.15) is 0 Å². The fourth-order valence-corrected chi connectivity index (χ4v) is 3.63. The molecular weight excluding hydrogens is 412 g/mol. The fourth-order valence-electron chi connectivity index (χ4n) is 3.13. The standard InChI is InChI=1S/C20H21BrN2O4/c1-26-15-7-8-18(27-2)13(9-15)11-22-20(25)14-10-19(24)23(12-14)17-6-4-3-5-16(17)21/h3-9,14H,10-12H2,1-2H3,(H,22,25). The first-order valence-corrected chi connectivity index (χ1v) is 9.36. The van der Waals surface area contributed by atoms with Crippen LogP contribution in [0.15, 0.2) is 46.9 Å². The van der Waals surface area contributed by atoms with Crippen LogP contribution in [0.4, 0.5) is 5.69 Å². The number of rotatable bonds is 6. The van der Waals surface area contributed by atoms with Crippen LogP contribution in [0, 0.1) is 5.92 Å². The molecule has 1 aliphatic heterocycles. The van der Waals surface area contributed by atoms with Crippen molar-refractivity contribution in [3.63, 3.8) is 0 Å².